The van der Waals surface area contributed by atoms with E-state index in [1.165, 1.54) is 65.5 Å². The highest BCUT2D eigenvalue weighted by Gasteiger charge is 2.49. The van der Waals surface area contributed by atoms with Crippen LogP contribution in [0.3, 0.4) is 0 Å². The fraction of sp³-hybridized carbons (Fsp3) is 0.278. The number of nitrogens with zero attached hydrogens (tertiary/aromatic N) is 2. The number of aryl methyl sites for hydroxylation is 2. The molecule has 7 rings (SSSR count). The lowest BCUT2D eigenvalue weighted by atomic mass is 9.79. The van der Waals surface area contributed by atoms with Gasteiger partial charge in [-0.2, -0.15) is 0 Å². The van der Waals surface area contributed by atoms with E-state index in [9.17, 15) is 35.1 Å². The van der Waals surface area contributed by atoms with Gasteiger partial charge in [0.25, 0.3) is 0 Å². The summed E-state index contributed by atoms with van der Waals surface area (Å²) in [7, 11) is 7.39. The Hall–Kier alpha value is -5.82. The number of ether oxygens (including phenoxy) is 4. The number of phenols is 4. The zero-order chi connectivity index (χ0) is 35.4. The first-order valence-corrected chi connectivity index (χ1v) is 15.3. The van der Waals surface area contributed by atoms with Crippen LogP contribution in [0.2, 0.25) is 0 Å². The Labute approximate surface area is 277 Å². The van der Waals surface area contributed by atoms with Crippen LogP contribution in [0, 0.1) is 0 Å². The summed E-state index contributed by atoms with van der Waals surface area (Å²) in [4.78, 5) is 28.3. The normalized spacial score (nSPS) is 16.0. The molecule has 0 saturated heterocycles. The summed E-state index contributed by atoms with van der Waals surface area (Å²) >= 11 is 0. The van der Waals surface area contributed by atoms with Crippen molar-refractivity contribution in [3.05, 3.63) is 68.0 Å². The van der Waals surface area contributed by atoms with Crippen molar-refractivity contribution in [1.29, 1.82) is 0 Å². The second-order valence-corrected chi connectivity index (χ2v) is 12.7. The van der Waals surface area contributed by atoms with Crippen molar-refractivity contribution in [3.8, 4) is 46.0 Å². The van der Waals surface area contributed by atoms with Gasteiger partial charge in [-0.25, -0.2) is 0 Å². The molecule has 254 valence electrons. The molecule has 5 N–H and O–H groups in total. The van der Waals surface area contributed by atoms with E-state index in [1.807, 2.05) is 0 Å². The third-order valence-electron chi connectivity index (χ3n) is 9.60. The van der Waals surface area contributed by atoms with Crippen molar-refractivity contribution in [3.63, 3.8) is 0 Å². The molecule has 0 saturated carbocycles. The van der Waals surface area contributed by atoms with E-state index < -0.39 is 34.2 Å². The van der Waals surface area contributed by atoms with Gasteiger partial charge >= 0.3 is 0 Å². The third-order valence-corrected chi connectivity index (χ3v) is 9.60. The molecular formula is C36H34N2O11. The van der Waals surface area contributed by atoms with Crippen LogP contribution in [0.25, 0.3) is 43.6 Å². The molecule has 0 spiro atoms. The largest absolute Gasteiger partial charge is 0.507 e. The summed E-state index contributed by atoms with van der Waals surface area (Å²) < 4.78 is 26.3. The molecule has 0 bridgehead atoms. The molecule has 0 radical (unpaired) electrons. The average molecular weight is 671 g/mol. The van der Waals surface area contributed by atoms with Gasteiger partial charge in [0.2, 0.25) is 10.9 Å². The van der Waals surface area contributed by atoms with Crippen molar-refractivity contribution >= 4 is 43.6 Å². The molecule has 0 fully saturated rings. The van der Waals surface area contributed by atoms with E-state index in [-0.39, 0.29) is 83.9 Å². The van der Waals surface area contributed by atoms with Crippen LogP contribution in [-0.4, -0.2) is 67.7 Å². The number of hydrogen-bond donors (Lipinski definition) is 5. The van der Waals surface area contributed by atoms with Crippen LogP contribution in [0.5, 0.6) is 46.0 Å². The van der Waals surface area contributed by atoms with Gasteiger partial charge in [-0.05, 0) is 38.1 Å². The number of aromatic nitrogens is 2. The number of rotatable bonds is 5. The molecule has 1 aliphatic heterocycles. The van der Waals surface area contributed by atoms with Crippen molar-refractivity contribution < 1.29 is 44.5 Å². The summed E-state index contributed by atoms with van der Waals surface area (Å²) in [6.45, 7) is 3.04. The topological polar surface area (TPSA) is 182 Å². The van der Waals surface area contributed by atoms with Gasteiger partial charge in [-0.1, -0.05) is 0 Å². The fourth-order valence-electron chi connectivity index (χ4n) is 7.48. The van der Waals surface area contributed by atoms with Gasteiger partial charge in [0.1, 0.15) is 29.1 Å². The molecule has 3 heterocycles. The van der Waals surface area contributed by atoms with Crippen LogP contribution in [0.1, 0.15) is 30.9 Å². The second kappa shape index (κ2) is 10.6. The number of methoxy groups -OCH3 is 3. The summed E-state index contributed by atoms with van der Waals surface area (Å²) in [6, 6.07) is 8.38. The maximum absolute atomic E-state index is 14.2. The predicted molar refractivity (Wildman–Crippen MR) is 182 cm³/mol. The molecule has 49 heavy (non-hydrogen) atoms. The minimum atomic E-state index is -1.59. The number of phenolic OH excluding ortho intramolecular Hbond substituents is 4. The van der Waals surface area contributed by atoms with Gasteiger partial charge < -0.3 is 53.6 Å². The highest BCUT2D eigenvalue weighted by atomic mass is 16.5. The van der Waals surface area contributed by atoms with E-state index >= 15 is 0 Å². The molecule has 0 amide bonds. The summed E-state index contributed by atoms with van der Waals surface area (Å²) in [6.07, 6.45) is -1.14. The maximum atomic E-state index is 14.2. The minimum Gasteiger partial charge on any atom is -0.507 e. The van der Waals surface area contributed by atoms with Crippen molar-refractivity contribution in [2.75, 3.05) is 21.3 Å². The first-order valence-electron chi connectivity index (χ1n) is 15.3. The number of aromatic hydroxyl groups is 4. The first kappa shape index (κ1) is 31.8. The van der Waals surface area contributed by atoms with E-state index in [0.29, 0.717) is 11.1 Å². The third kappa shape index (κ3) is 4.14. The van der Waals surface area contributed by atoms with Crippen molar-refractivity contribution in [1.82, 2.24) is 9.13 Å². The monoisotopic (exact) mass is 670 g/mol. The van der Waals surface area contributed by atoms with Crippen LogP contribution < -0.4 is 29.8 Å². The standard InChI is InChI=1S/C36H34N2O11/c1-36(2,45)35-26(24-21(49-35)13-19(41)23-29(24)38(4)28-15(31(23)43)9-11-18(40)34(28)48-7)25-20(46-5)12-16-22(32(25)44)30(42)14-8-10-17(39)33(47-6)27(14)37(16)3/h8-13,26,35,39-41,44-45H,1-7H3/t26-,35+/m0/s1. The first-order chi connectivity index (χ1) is 23.2. The fourth-order valence-corrected chi connectivity index (χ4v) is 7.48. The average Bonchev–Trinajstić information content (AvgIpc) is 3.43. The second-order valence-electron chi connectivity index (χ2n) is 12.7. The van der Waals surface area contributed by atoms with Gasteiger partial charge in [-0.3, -0.25) is 9.59 Å². The minimum absolute atomic E-state index is 0.0218. The van der Waals surface area contributed by atoms with E-state index in [4.69, 9.17) is 18.9 Å². The molecule has 0 unspecified atom stereocenters. The Morgan fingerprint density at radius 3 is 1.80 bits per heavy atom. The number of aliphatic hydroxyl groups is 1. The zero-order valence-electron chi connectivity index (χ0n) is 27.7. The SMILES string of the molecule is COc1cc2c(c(O)c1[C@@H]1c3c(cc(O)c4c(=O)c5ccc(O)c(OC)c5n(C)c34)O[C@H]1C(C)(C)O)c(=O)c1ccc(O)c(OC)c1n2C. The van der Waals surface area contributed by atoms with Crippen LogP contribution in [-0.2, 0) is 14.1 Å². The van der Waals surface area contributed by atoms with Gasteiger partial charge in [-0.15, -0.1) is 0 Å². The smallest absolute Gasteiger partial charge is 0.201 e. The van der Waals surface area contributed by atoms with Gasteiger partial charge in [0.05, 0.1) is 76.5 Å². The number of pyridine rings is 2. The molecule has 2 aromatic heterocycles. The van der Waals surface area contributed by atoms with E-state index in [1.54, 1.807) is 29.3 Å². The highest BCUT2D eigenvalue weighted by Crippen LogP contribution is 2.55. The number of hydrogen-bond acceptors (Lipinski definition) is 11. The highest BCUT2D eigenvalue weighted by molar-refractivity contribution is 6.04. The Kier molecular flexibility index (Phi) is 6.87. The number of fused-ring (bicyclic) bond motifs is 6. The lowest BCUT2D eigenvalue weighted by molar-refractivity contribution is -0.0300. The molecule has 2 atom stereocenters. The van der Waals surface area contributed by atoms with Crippen molar-refractivity contribution in [2.45, 2.75) is 31.5 Å². The molecule has 6 aromatic rings. The molecule has 13 nitrogen and oxygen atoms in total. The maximum Gasteiger partial charge on any atom is 0.201 e. The van der Waals surface area contributed by atoms with E-state index in [2.05, 4.69) is 0 Å². The number of benzene rings is 4. The Morgan fingerprint density at radius 2 is 1.27 bits per heavy atom. The Balaban J connectivity index is 1.68. The Morgan fingerprint density at radius 1 is 0.714 bits per heavy atom. The molecular weight excluding hydrogens is 636 g/mol. The summed E-state index contributed by atoms with van der Waals surface area (Å²) in [5.74, 6) is -1.99. The summed E-state index contributed by atoms with van der Waals surface area (Å²) in [5, 5.41) is 56.4. The molecule has 4 aromatic carbocycles. The lowest BCUT2D eigenvalue weighted by Crippen LogP contribution is -2.42. The Bertz CT molecular complexity index is 2540. The predicted octanol–water partition coefficient (Wildman–Crippen LogP) is 4.21. The zero-order valence-corrected chi connectivity index (χ0v) is 27.7. The quantitative estimate of drug-likeness (QED) is 0.166. The van der Waals surface area contributed by atoms with Gasteiger partial charge in [0, 0.05) is 37.4 Å². The van der Waals surface area contributed by atoms with Gasteiger partial charge in [0.15, 0.2) is 23.0 Å². The van der Waals surface area contributed by atoms with Crippen LogP contribution >= 0.6 is 0 Å². The summed E-state index contributed by atoms with van der Waals surface area (Å²) in [5.41, 5.74) is -1.36. The van der Waals surface area contributed by atoms with Crippen LogP contribution in [0.4, 0.5) is 0 Å². The molecule has 0 aliphatic carbocycles. The lowest BCUT2D eigenvalue weighted by Gasteiger charge is -2.31. The van der Waals surface area contributed by atoms with Crippen molar-refractivity contribution in [2.24, 2.45) is 14.1 Å². The molecule has 1 aliphatic rings. The van der Waals surface area contributed by atoms with Crippen LogP contribution in [0.15, 0.2) is 46.0 Å². The van der Waals surface area contributed by atoms with E-state index in [0.717, 1.165) is 0 Å². The molecule has 13 heteroatoms.